The van der Waals surface area contributed by atoms with Crippen LogP contribution in [0.2, 0.25) is 0 Å². The third kappa shape index (κ3) is 2.72. The van der Waals surface area contributed by atoms with Crippen molar-refractivity contribution in [3.63, 3.8) is 0 Å². The van der Waals surface area contributed by atoms with Gasteiger partial charge in [0.2, 0.25) is 5.82 Å². The summed E-state index contributed by atoms with van der Waals surface area (Å²) in [6.45, 7) is 4.36. The number of nitrogens with zero attached hydrogens (tertiary/aromatic N) is 2. The van der Waals surface area contributed by atoms with Crippen LogP contribution in [0.1, 0.15) is 41.8 Å². The Morgan fingerprint density at radius 1 is 1.59 bits per heavy atom. The second kappa shape index (κ2) is 4.82. The van der Waals surface area contributed by atoms with Crippen molar-refractivity contribution in [1.82, 2.24) is 20.5 Å². The Morgan fingerprint density at radius 2 is 2.41 bits per heavy atom. The van der Waals surface area contributed by atoms with Crippen LogP contribution in [0.4, 0.5) is 0 Å². The van der Waals surface area contributed by atoms with Gasteiger partial charge in [0.15, 0.2) is 0 Å². The fraction of sp³-hybridized carbons (Fsp3) is 0.364. The molecular weight excluding hydrogens is 220 g/mol. The first-order valence-corrected chi connectivity index (χ1v) is 5.38. The minimum absolute atomic E-state index is 0.164. The van der Waals surface area contributed by atoms with E-state index in [4.69, 9.17) is 4.42 Å². The summed E-state index contributed by atoms with van der Waals surface area (Å²) in [6.07, 6.45) is 3.14. The van der Waals surface area contributed by atoms with E-state index in [1.54, 1.807) is 18.6 Å². The highest BCUT2D eigenvalue weighted by atomic mass is 16.3. The highest BCUT2D eigenvalue weighted by Crippen LogP contribution is 2.07. The van der Waals surface area contributed by atoms with Crippen LogP contribution in [0.3, 0.4) is 0 Å². The normalized spacial score (nSPS) is 10.8. The first-order chi connectivity index (χ1) is 8.16. The Morgan fingerprint density at radius 3 is 3.00 bits per heavy atom. The summed E-state index contributed by atoms with van der Waals surface area (Å²) < 4.78 is 4.90. The summed E-state index contributed by atoms with van der Waals surface area (Å²) in [5, 5.41) is 9.31. The number of furan rings is 1. The highest BCUT2D eigenvalue weighted by Gasteiger charge is 2.13. The van der Waals surface area contributed by atoms with Crippen LogP contribution in [0, 0.1) is 0 Å². The van der Waals surface area contributed by atoms with Crippen LogP contribution in [0.15, 0.2) is 23.0 Å². The Balaban J connectivity index is 1.95. The molecule has 6 heteroatoms. The third-order valence-electron chi connectivity index (χ3n) is 2.29. The lowest BCUT2D eigenvalue weighted by molar-refractivity contribution is 0.0941. The van der Waals surface area contributed by atoms with Gasteiger partial charge in [-0.3, -0.25) is 9.89 Å². The summed E-state index contributed by atoms with van der Waals surface area (Å²) in [5.41, 5.74) is 0.901. The second-order valence-corrected chi connectivity index (χ2v) is 4.01. The zero-order valence-electron chi connectivity index (χ0n) is 9.73. The SMILES string of the molecule is CC(C)c1nc(C(=O)NCc2ccoc2)n[nH]1. The zero-order valence-corrected chi connectivity index (χ0v) is 9.73. The number of carbonyl (C=O) groups is 1. The van der Waals surface area contributed by atoms with Crippen molar-refractivity contribution >= 4 is 5.91 Å². The molecule has 0 fully saturated rings. The van der Waals surface area contributed by atoms with Crippen molar-refractivity contribution in [1.29, 1.82) is 0 Å². The van der Waals surface area contributed by atoms with Gasteiger partial charge in [-0.15, -0.1) is 5.10 Å². The fourth-order valence-corrected chi connectivity index (χ4v) is 1.29. The summed E-state index contributed by atoms with van der Waals surface area (Å²) in [6, 6.07) is 1.79. The average Bonchev–Trinajstić information content (AvgIpc) is 2.96. The van der Waals surface area contributed by atoms with E-state index >= 15 is 0 Å². The van der Waals surface area contributed by atoms with Gasteiger partial charge in [0.05, 0.1) is 12.5 Å². The van der Waals surface area contributed by atoms with Gasteiger partial charge in [0.25, 0.3) is 5.91 Å². The largest absolute Gasteiger partial charge is 0.472 e. The van der Waals surface area contributed by atoms with Crippen molar-refractivity contribution in [2.45, 2.75) is 26.3 Å². The van der Waals surface area contributed by atoms with E-state index in [9.17, 15) is 4.79 Å². The number of hydrogen-bond acceptors (Lipinski definition) is 4. The van der Waals surface area contributed by atoms with E-state index in [0.29, 0.717) is 12.4 Å². The predicted octanol–water partition coefficient (Wildman–Crippen LogP) is 1.45. The Hall–Kier alpha value is -2.11. The van der Waals surface area contributed by atoms with Gasteiger partial charge in [0, 0.05) is 18.0 Å². The Kier molecular flexibility index (Phi) is 3.22. The number of carbonyl (C=O) groups excluding carboxylic acids is 1. The molecule has 0 atom stereocenters. The molecule has 2 rings (SSSR count). The minimum atomic E-state index is -0.297. The van der Waals surface area contributed by atoms with Crippen molar-refractivity contribution in [2.75, 3.05) is 0 Å². The molecule has 0 unspecified atom stereocenters. The van der Waals surface area contributed by atoms with Gasteiger partial charge in [-0.1, -0.05) is 13.8 Å². The molecule has 0 aliphatic rings. The van der Waals surface area contributed by atoms with Gasteiger partial charge < -0.3 is 9.73 Å². The van der Waals surface area contributed by atoms with Gasteiger partial charge in [0.1, 0.15) is 5.82 Å². The maximum Gasteiger partial charge on any atom is 0.291 e. The summed E-state index contributed by atoms with van der Waals surface area (Å²) >= 11 is 0. The quantitative estimate of drug-likeness (QED) is 0.838. The van der Waals surface area contributed by atoms with E-state index in [1.807, 2.05) is 13.8 Å². The van der Waals surface area contributed by atoms with Gasteiger partial charge in [-0.05, 0) is 6.07 Å². The molecule has 2 heterocycles. The molecule has 2 aromatic heterocycles. The Bertz CT molecular complexity index is 487. The molecule has 0 spiro atoms. The number of H-pyrrole nitrogens is 1. The number of hydrogen-bond donors (Lipinski definition) is 2. The molecular formula is C11H14N4O2. The summed E-state index contributed by atoms with van der Waals surface area (Å²) in [7, 11) is 0. The standard InChI is InChI=1S/C11H14N4O2/c1-7(2)9-13-10(15-14-9)11(16)12-5-8-3-4-17-6-8/h3-4,6-7H,5H2,1-2H3,(H,12,16)(H,13,14,15). The van der Waals surface area contributed by atoms with Crippen molar-refractivity contribution in [2.24, 2.45) is 0 Å². The summed E-state index contributed by atoms with van der Waals surface area (Å²) in [5.74, 6) is 0.794. The highest BCUT2D eigenvalue weighted by molar-refractivity contribution is 5.90. The zero-order chi connectivity index (χ0) is 12.3. The number of rotatable bonds is 4. The van der Waals surface area contributed by atoms with Gasteiger partial charge in [-0.25, -0.2) is 4.98 Å². The average molecular weight is 234 g/mol. The van der Waals surface area contributed by atoms with E-state index in [2.05, 4.69) is 20.5 Å². The number of nitrogens with one attached hydrogen (secondary N) is 2. The lowest BCUT2D eigenvalue weighted by Crippen LogP contribution is -2.23. The van der Waals surface area contributed by atoms with Crippen LogP contribution in [-0.4, -0.2) is 21.1 Å². The van der Waals surface area contributed by atoms with Crippen LogP contribution < -0.4 is 5.32 Å². The van der Waals surface area contributed by atoms with Crippen molar-refractivity contribution in [3.8, 4) is 0 Å². The molecule has 0 aliphatic heterocycles. The number of aromatic nitrogens is 3. The van der Waals surface area contributed by atoms with E-state index in [-0.39, 0.29) is 17.6 Å². The minimum Gasteiger partial charge on any atom is -0.472 e. The lowest BCUT2D eigenvalue weighted by atomic mass is 10.2. The molecule has 0 saturated heterocycles. The topological polar surface area (TPSA) is 83.8 Å². The first kappa shape index (κ1) is 11.4. The van der Waals surface area contributed by atoms with Gasteiger partial charge >= 0.3 is 0 Å². The molecule has 90 valence electrons. The molecule has 6 nitrogen and oxygen atoms in total. The third-order valence-corrected chi connectivity index (χ3v) is 2.29. The van der Waals surface area contributed by atoms with E-state index in [0.717, 1.165) is 5.56 Å². The molecule has 0 aromatic carbocycles. The number of aromatic amines is 1. The van der Waals surface area contributed by atoms with Crippen LogP contribution in [-0.2, 0) is 6.54 Å². The van der Waals surface area contributed by atoms with Crippen LogP contribution in [0.5, 0.6) is 0 Å². The molecule has 0 aliphatic carbocycles. The van der Waals surface area contributed by atoms with Gasteiger partial charge in [-0.2, -0.15) is 0 Å². The van der Waals surface area contributed by atoms with Crippen LogP contribution >= 0.6 is 0 Å². The van der Waals surface area contributed by atoms with Crippen LogP contribution in [0.25, 0.3) is 0 Å². The van der Waals surface area contributed by atoms with E-state index in [1.165, 1.54) is 0 Å². The number of amides is 1. The molecule has 0 bridgehead atoms. The summed E-state index contributed by atoms with van der Waals surface area (Å²) in [4.78, 5) is 15.8. The first-order valence-electron chi connectivity index (χ1n) is 5.38. The van der Waals surface area contributed by atoms with E-state index < -0.39 is 0 Å². The maximum atomic E-state index is 11.7. The molecule has 17 heavy (non-hydrogen) atoms. The maximum absolute atomic E-state index is 11.7. The molecule has 2 aromatic rings. The smallest absolute Gasteiger partial charge is 0.291 e. The second-order valence-electron chi connectivity index (χ2n) is 4.01. The molecule has 0 radical (unpaired) electrons. The van der Waals surface area contributed by atoms with Crippen molar-refractivity contribution in [3.05, 3.63) is 35.8 Å². The Labute approximate surface area is 98.4 Å². The monoisotopic (exact) mass is 234 g/mol. The predicted molar refractivity (Wildman–Crippen MR) is 60.3 cm³/mol. The fourth-order valence-electron chi connectivity index (χ4n) is 1.29. The van der Waals surface area contributed by atoms with Crippen molar-refractivity contribution < 1.29 is 9.21 Å². The molecule has 2 N–H and O–H groups in total. The molecule has 0 saturated carbocycles. The molecule has 1 amide bonds. The lowest BCUT2D eigenvalue weighted by Gasteiger charge is -1.99.